The van der Waals surface area contributed by atoms with Gasteiger partial charge in [0.25, 0.3) is 0 Å². The lowest BCUT2D eigenvalue weighted by Gasteiger charge is -2.12. The molecule has 56 valence electrons. The minimum Gasteiger partial charge on any atom is -0.257 e. The molecule has 0 fully saturated rings. The molecule has 0 aromatic rings. The first-order chi connectivity index (χ1) is 5.42. The van der Waals surface area contributed by atoms with Gasteiger partial charge in [-0.15, -0.1) is 11.8 Å². The highest BCUT2D eigenvalue weighted by Crippen LogP contribution is 2.24. The molecule has 11 heavy (non-hydrogen) atoms. The summed E-state index contributed by atoms with van der Waals surface area (Å²) in [5.74, 6) is 0.817. The largest absolute Gasteiger partial charge is 0.257 e. The molecule has 0 amide bonds. The summed E-state index contributed by atoms with van der Waals surface area (Å²) in [5.41, 5.74) is 0. The van der Waals surface area contributed by atoms with Crippen molar-refractivity contribution in [2.45, 2.75) is 6.04 Å². The van der Waals surface area contributed by atoms with Crippen LogP contribution in [0.25, 0.3) is 0 Å². The highest BCUT2D eigenvalue weighted by Gasteiger charge is 2.23. The van der Waals surface area contributed by atoms with E-state index in [9.17, 15) is 0 Å². The maximum atomic E-state index is 4.18. The second-order valence-corrected chi connectivity index (χ2v) is 3.09. The fourth-order valence-corrected chi connectivity index (χ4v) is 1.65. The first kappa shape index (κ1) is 6.79. The SMILES string of the molecule is CSC1=CC=NC2=NC=N[C@H]12. The van der Waals surface area contributed by atoms with Gasteiger partial charge in [0, 0.05) is 11.1 Å². The van der Waals surface area contributed by atoms with Crippen molar-refractivity contribution in [3.63, 3.8) is 0 Å². The van der Waals surface area contributed by atoms with E-state index in [4.69, 9.17) is 0 Å². The van der Waals surface area contributed by atoms with Crippen molar-refractivity contribution in [2.75, 3.05) is 6.26 Å². The average Bonchev–Trinajstić information content (AvgIpc) is 2.50. The van der Waals surface area contributed by atoms with Crippen molar-refractivity contribution < 1.29 is 0 Å². The summed E-state index contributed by atoms with van der Waals surface area (Å²) in [6, 6.07) is 0.0926. The number of fused-ring (bicyclic) bond motifs is 1. The maximum absolute atomic E-state index is 4.18. The van der Waals surface area contributed by atoms with Gasteiger partial charge in [-0.3, -0.25) is 4.99 Å². The number of amidine groups is 1. The molecule has 0 spiro atoms. The number of nitrogens with zero attached hydrogens (tertiary/aromatic N) is 3. The van der Waals surface area contributed by atoms with E-state index >= 15 is 0 Å². The molecule has 0 saturated heterocycles. The van der Waals surface area contributed by atoms with Gasteiger partial charge >= 0.3 is 0 Å². The van der Waals surface area contributed by atoms with Crippen LogP contribution in [0.3, 0.4) is 0 Å². The van der Waals surface area contributed by atoms with Gasteiger partial charge < -0.3 is 0 Å². The third kappa shape index (κ3) is 1.03. The summed E-state index contributed by atoms with van der Waals surface area (Å²) >= 11 is 1.70. The molecule has 2 rings (SSSR count). The molecule has 0 bridgehead atoms. The van der Waals surface area contributed by atoms with Crippen LogP contribution in [0.15, 0.2) is 26.0 Å². The summed E-state index contributed by atoms with van der Waals surface area (Å²) in [7, 11) is 0. The van der Waals surface area contributed by atoms with Gasteiger partial charge in [0.15, 0.2) is 5.84 Å². The summed E-state index contributed by atoms with van der Waals surface area (Å²) in [4.78, 5) is 13.5. The Balaban J connectivity index is 2.35. The Morgan fingerprint density at radius 2 is 2.45 bits per heavy atom. The van der Waals surface area contributed by atoms with Crippen LogP contribution in [0, 0.1) is 0 Å². The number of allylic oxidation sites excluding steroid dienone is 1. The van der Waals surface area contributed by atoms with Crippen molar-refractivity contribution >= 4 is 30.2 Å². The van der Waals surface area contributed by atoms with Gasteiger partial charge in [-0.1, -0.05) is 0 Å². The molecular formula is C7H7N3S. The number of rotatable bonds is 1. The molecule has 0 aromatic heterocycles. The van der Waals surface area contributed by atoms with E-state index in [1.165, 1.54) is 4.91 Å². The van der Waals surface area contributed by atoms with Gasteiger partial charge in [-0.2, -0.15) is 0 Å². The predicted octanol–water partition coefficient (Wildman–Crippen LogP) is 1.13. The number of hydrogen-bond acceptors (Lipinski definition) is 4. The second kappa shape index (κ2) is 2.62. The van der Waals surface area contributed by atoms with Crippen LogP contribution in [-0.4, -0.2) is 30.7 Å². The smallest absolute Gasteiger partial charge is 0.159 e. The molecule has 2 aliphatic heterocycles. The van der Waals surface area contributed by atoms with E-state index in [1.54, 1.807) is 24.3 Å². The van der Waals surface area contributed by atoms with Crippen molar-refractivity contribution in [3.8, 4) is 0 Å². The molecule has 0 unspecified atom stereocenters. The zero-order chi connectivity index (χ0) is 7.68. The Kier molecular flexibility index (Phi) is 1.62. The standard InChI is InChI=1S/C7H7N3S/c1-11-5-2-3-8-7-6(5)9-4-10-7/h2-4,6H,1H3/t6-/m1/s1. The van der Waals surface area contributed by atoms with Crippen molar-refractivity contribution in [1.82, 2.24) is 0 Å². The van der Waals surface area contributed by atoms with Crippen LogP contribution in [0.2, 0.25) is 0 Å². The zero-order valence-electron chi connectivity index (χ0n) is 6.06. The molecule has 3 nitrogen and oxygen atoms in total. The van der Waals surface area contributed by atoms with Gasteiger partial charge in [0.2, 0.25) is 0 Å². The first-order valence-corrected chi connectivity index (χ1v) is 4.52. The van der Waals surface area contributed by atoms with E-state index in [-0.39, 0.29) is 6.04 Å². The van der Waals surface area contributed by atoms with Crippen LogP contribution in [0.1, 0.15) is 0 Å². The monoisotopic (exact) mass is 165 g/mol. The molecule has 0 N–H and O–H groups in total. The molecular weight excluding hydrogens is 158 g/mol. The Bertz CT molecular complexity index is 288. The minimum atomic E-state index is 0.0926. The summed E-state index contributed by atoms with van der Waals surface area (Å²) < 4.78 is 0. The topological polar surface area (TPSA) is 37.1 Å². The molecule has 4 heteroatoms. The van der Waals surface area contributed by atoms with Gasteiger partial charge in [-0.25, -0.2) is 9.98 Å². The third-order valence-electron chi connectivity index (χ3n) is 1.60. The predicted molar refractivity (Wildman–Crippen MR) is 49.8 cm³/mol. The van der Waals surface area contributed by atoms with E-state index in [2.05, 4.69) is 15.0 Å². The molecule has 0 saturated carbocycles. The van der Waals surface area contributed by atoms with Gasteiger partial charge in [0.05, 0.1) is 0 Å². The van der Waals surface area contributed by atoms with Crippen LogP contribution >= 0.6 is 11.8 Å². The number of dihydropyridines is 1. The second-order valence-electron chi connectivity index (χ2n) is 2.21. The van der Waals surface area contributed by atoms with E-state index in [1.807, 2.05) is 12.3 Å². The van der Waals surface area contributed by atoms with Gasteiger partial charge in [-0.05, 0) is 12.3 Å². The van der Waals surface area contributed by atoms with E-state index in [0.717, 1.165) is 5.84 Å². The number of aliphatic imine (C=N–C) groups is 3. The fourth-order valence-electron chi connectivity index (χ4n) is 1.06. The highest BCUT2D eigenvalue weighted by molar-refractivity contribution is 8.02. The minimum absolute atomic E-state index is 0.0926. The van der Waals surface area contributed by atoms with E-state index in [0.29, 0.717) is 0 Å². The first-order valence-electron chi connectivity index (χ1n) is 3.29. The summed E-state index contributed by atoms with van der Waals surface area (Å²) in [6.45, 7) is 0. The average molecular weight is 165 g/mol. The maximum Gasteiger partial charge on any atom is 0.159 e. The Morgan fingerprint density at radius 3 is 3.27 bits per heavy atom. The lowest BCUT2D eigenvalue weighted by atomic mass is 10.2. The Hall–Kier alpha value is -0.900. The van der Waals surface area contributed by atoms with Gasteiger partial charge in [0.1, 0.15) is 12.4 Å². The molecule has 0 aliphatic carbocycles. The Morgan fingerprint density at radius 1 is 1.55 bits per heavy atom. The lowest BCUT2D eigenvalue weighted by molar-refractivity contribution is 1.08. The van der Waals surface area contributed by atoms with Crippen molar-refractivity contribution in [1.29, 1.82) is 0 Å². The quantitative estimate of drug-likeness (QED) is 0.573. The number of hydrogen-bond donors (Lipinski definition) is 0. The molecule has 2 heterocycles. The molecule has 1 atom stereocenters. The summed E-state index contributed by atoms with van der Waals surface area (Å²) in [6.07, 6.45) is 7.37. The number of thioether (sulfide) groups is 1. The van der Waals surface area contributed by atoms with Crippen LogP contribution in [-0.2, 0) is 0 Å². The third-order valence-corrected chi connectivity index (χ3v) is 2.43. The van der Waals surface area contributed by atoms with Crippen LogP contribution in [0.5, 0.6) is 0 Å². The van der Waals surface area contributed by atoms with E-state index < -0.39 is 0 Å². The zero-order valence-corrected chi connectivity index (χ0v) is 6.88. The normalized spacial score (nSPS) is 26.5. The molecule has 0 radical (unpaired) electrons. The molecule has 2 aliphatic rings. The Labute approximate surface area is 69.0 Å². The molecule has 0 aromatic carbocycles. The van der Waals surface area contributed by atoms with Crippen molar-refractivity contribution in [2.24, 2.45) is 15.0 Å². The fraction of sp³-hybridized carbons (Fsp3) is 0.286. The van der Waals surface area contributed by atoms with Crippen LogP contribution in [0.4, 0.5) is 0 Å². The van der Waals surface area contributed by atoms with Crippen LogP contribution < -0.4 is 0 Å². The summed E-state index contributed by atoms with van der Waals surface area (Å²) in [5, 5.41) is 0. The van der Waals surface area contributed by atoms with Crippen molar-refractivity contribution in [3.05, 3.63) is 11.0 Å². The highest BCUT2D eigenvalue weighted by atomic mass is 32.2. The lowest BCUT2D eigenvalue weighted by Crippen LogP contribution is -2.17.